The van der Waals surface area contributed by atoms with Crippen molar-refractivity contribution in [3.05, 3.63) is 88.6 Å². The quantitative estimate of drug-likeness (QED) is 0.266. The van der Waals surface area contributed by atoms with E-state index in [0.29, 0.717) is 39.0 Å². The third-order valence-corrected chi connectivity index (χ3v) is 5.36. The molecule has 0 fully saturated rings. The predicted molar refractivity (Wildman–Crippen MR) is 112 cm³/mol. The molecule has 0 aliphatic carbocycles. The molecule has 4 rings (SSSR count). The zero-order valence-corrected chi connectivity index (χ0v) is 17.7. The average molecular weight is 502 g/mol. The largest absolute Gasteiger partial charge is 0.416 e. The van der Waals surface area contributed by atoms with Gasteiger partial charge in [-0.2, -0.15) is 26.3 Å². The molecule has 2 heterocycles. The summed E-state index contributed by atoms with van der Waals surface area (Å²) >= 11 is 12.4. The van der Waals surface area contributed by atoms with E-state index in [1.807, 2.05) is 0 Å². The maximum atomic E-state index is 13.3. The van der Waals surface area contributed by atoms with Gasteiger partial charge < -0.3 is 0 Å². The molecular weight excluding hydrogens is 491 g/mol. The van der Waals surface area contributed by atoms with Gasteiger partial charge in [-0.15, -0.1) is 0 Å². The molecule has 11 heteroatoms. The lowest BCUT2D eigenvalue weighted by atomic mass is 10.0. The third kappa shape index (κ3) is 4.69. The van der Waals surface area contributed by atoms with Gasteiger partial charge in [0.2, 0.25) is 0 Å². The van der Waals surface area contributed by atoms with Gasteiger partial charge in [0.15, 0.2) is 0 Å². The minimum atomic E-state index is -4.98. The van der Waals surface area contributed by atoms with Gasteiger partial charge in [-0.3, -0.25) is 9.55 Å². The van der Waals surface area contributed by atoms with E-state index >= 15 is 0 Å². The lowest BCUT2D eigenvalue weighted by molar-refractivity contribution is -0.143. The van der Waals surface area contributed by atoms with Gasteiger partial charge in [0.1, 0.15) is 0 Å². The standard InChI is InChI=1S/C22H11Cl2F6N3/c23-15-1-2-18(24)17(8-15)16-3-4-31-10-20(16)33-11-32-9-19(33)12-5-13(21(25,26)27)7-14(6-12)22(28,29)30/h1-11H. The van der Waals surface area contributed by atoms with Crippen LogP contribution in [0.3, 0.4) is 0 Å². The molecule has 0 amide bonds. The first kappa shape index (κ1) is 23.1. The normalized spacial score (nSPS) is 12.2. The second-order valence-electron chi connectivity index (χ2n) is 6.96. The molecule has 0 aliphatic rings. The Hall–Kier alpha value is -3.04. The van der Waals surface area contributed by atoms with E-state index < -0.39 is 23.5 Å². The SMILES string of the molecule is FC(F)(F)c1cc(-c2cncn2-c2cnccc2-c2cc(Cl)ccc2Cl)cc(C(F)(F)F)c1. The molecule has 0 saturated heterocycles. The highest BCUT2D eigenvalue weighted by molar-refractivity contribution is 6.35. The van der Waals surface area contributed by atoms with Gasteiger partial charge in [0.05, 0.1) is 41.2 Å². The van der Waals surface area contributed by atoms with Crippen LogP contribution in [0.5, 0.6) is 0 Å². The fourth-order valence-electron chi connectivity index (χ4n) is 3.31. The van der Waals surface area contributed by atoms with Gasteiger partial charge in [0.25, 0.3) is 0 Å². The van der Waals surface area contributed by atoms with Crippen LogP contribution >= 0.6 is 23.2 Å². The number of pyridine rings is 1. The second kappa shape index (κ2) is 8.39. The molecule has 0 atom stereocenters. The lowest BCUT2D eigenvalue weighted by Gasteiger charge is -2.17. The molecule has 2 aromatic carbocycles. The highest BCUT2D eigenvalue weighted by Gasteiger charge is 2.37. The number of hydrogen-bond acceptors (Lipinski definition) is 2. The molecule has 0 spiro atoms. The summed E-state index contributed by atoms with van der Waals surface area (Å²) < 4.78 is 81.4. The highest BCUT2D eigenvalue weighted by Crippen LogP contribution is 2.40. The smallest absolute Gasteiger partial charge is 0.297 e. The van der Waals surface area contributed by atoms with E-state index in [0.717, 1.165) is 0 Å². The van der Waals surface area contributed by atoms with Crippen LogP contribution in [-0.4, -0.2) is 14.5 Å². The summed E-state index contributed by atoms with van der Waals surface area (Å²) in [5, 5.41) is 0.725. The van der Waals surface area contributed by atoms with Crippen LogP contribution in [-0.2, 0) is 12.4 Å². The number of halogens is 8. The number of hydrogen-bond donors (Lipinski definition) is 0. The van der Waals surface area contributed by atoms with E-state index in [1.54, 1.807) is 24.3 Å². The Labute approximate surface area is 193 Å². The predicted octanol–water partition coefficient (Wildman–Crippen LogP) is 7.95. The molecule has 0 unspecified atom stereocenters. The van der Waals surface area contributed by atoms with Crippen LogP contribution in [0, 0.1) is 0 Å². The second-order valence-corrected chi connectivity index (χ2v) is 7.80. The average Bonchev–Trinajstić information content (AvgIpc) is 3.24. The Morgan fingerprint density at radius 3 is 2.03 bits per heavy atom. The van der Waals surface area contributed by atoms with Gasteiger partial charge in [-0.25, -0.2) is 4.98 Å². The number of imidazole rings is 1. The van der Waals surface area contributed by atoms with Crippen molar-refractivity contribution >= 4 is 23.2 Å². The summed E-state index contributed by atoms with van der Waals surface area (Å²) in [5.41, 5.74) is -1.84. The van der Waals surface area contributed by atoms with Crippen molar-refractivity contribution < 1.29 is 26.3 Å². The van der Waals surface area contributed by atoms with Crippen LogP contribution in [0.4, 0.5) is 26.3 Å². The molecule has 0 radical (unpaired) electrons. The summed E-state index contributed by atoms with van der Waals surface area (Å²) in [6, 6.07) is 7.70. The Morgan fingerprint density at radius 2 is 1.39 bits per heavy atom. The molecule has 4 aromatic rings. The van der Waals surface area contributed by atoms with Crippen molar-refractivity contribution in [3.63, 3.8) is 0 Å². The summed E-state index contributed by atoms with van der Waals surface area (Å²) in [7, 11) is 0. The number of benzene rings is 2. The lowest BCUT2D eigenvalue weighted by Crippen LogP contribution is -2.11. The fourth-order valence-corrected chi connectivity index (χ4v) is 3.70. The van der Waals surface area contributed by atoms with Crippen LogP contribution in [0.15, 0.2) is 67.4 Å². The maximum Gasteiger partial charge on any atom is 0.416 e. The Balaban J connectivity index is 1.94. The van der Waals surface area contributed by atoms with Crippen molar-refractivity contribution in [2.75, 3.05) is 0 Å². The first-order valence-corrected chi connectivity index (χ1v) is 9.93. The zero-order valence-electron chi connectivity index (χ0n) is 16.2. The number of rotatable bonds is 3. The van der Waals surface area contributed by atoms with Crippen molar-refractivity contribution in [2.24, 2.45) is 0 Å². The van der Waals surface area contributed by atoms with Crippen molar-refractivity contribution in [1.82, 2.24) is 14.5 Å². The first-order valence-electron chi connectivity index (χ1n) is 9.17. The van der Waals surface area contributed by atoms with E-state index in [2.05, 4.69) is 9.97 Å². The fraction of sp³-hybridized carbons (Fsp3) is 0.0909. The molecule has 0 N–H and O–H groups in total. The summed E-state index contributed by atoms with van der Waals surface area (Å²) in [4.78, 5) is 7.99. The van der Waals surface area contributed by atoms with E-state index in [-0.39, 0.29) is 17.3 Å². The zero-order chi connectivity index (χ0) is 24.0. The number of aromatic nitrogens is 3. The van der Waals surface area contributed by atoms with Gasteiger partial charge >= 0.3 is 12.4 Å². The monoisotopic (exact) mass is 501 g/mol. The Bertz CT molecular complexity index is 1300. The van der Waals surface area contributed by atoms with Crippen LogP contribution in [0.25, 0.3) is 28.1 Å². The topological polar surface area (TPSA) is 30.7 Å². The van der Waals surface area contributed by atoms with Crippen molar-refractivity contribution in [2.45, 2.75) is 12.4 Å². The van der Waals surface area contributed by atoms with E-state index in [1.165, 1.54) is 29.5 Å². The van der Waals surface area contributed by atoms with Gasteiger partial charge in [-0.1, -0.05) is 23.2 Å². The van der Waals surface area contributed by atoms with Crippen LogP contribution in [0.1, 0.15) is 11.1 Å². The van der Waals surface area contributed by atoms with E-state index in [4.69, 9.17) is 23.2 Å². The number of alkyl halides is 6. The summed E-state index contributed by atoms with van der Waals surface area (Å²) in [5.74, 6) is 0. The molecule has 33 heavy (non-hydrogen) atoms. The minimum Gasteiger partial charge on any atom is -0.297 e. The highest BCUT2D eigenvalue weighted by atomic mass is 35.5. The maximum absolute atomic E-state index is 13.3. The number of nitrogens with zero attached hydrogens (tertiary/aromatic N) is 3. The van der Waals surface area contributed by atoms with Gasteiger partial charge in [0, 0.05) is 32.9 Å². The van der Waals surface area contributed by atoms with Gasteiger partial charge in [-0.05, 0) is 42.5 Å². The molecule has 0 aliphatic heterocycles. The molecule has 2 aromatic heterocycles. The van der Waals surface area contributed by atoms with Crippen LogP contribution in [0.2, 0.25) is 10.0 Å². The molecular formula is C22H11Cl2F6N3. The summed E-state index contributed by atoms with van der Waals surface area (Å²) in [6.07, 6.45) is -4.65. The minimum absolute atomic E-state index is 0.000925. The van der Waals surface area contributed by atoms with E-state index in [9.17, 15) is 26.3 Å². The Morgan fingerprint density at radius 1 is 0.727 bits per heavy atom. The Kier molecular flexibility index (Phi) is 5.88. The van der Waals surface area contributed by atoms with Crippen LogP contribution < -0.4 is 0 Å². The third-order valence-electron chi connectivity index (χ3n) is 4.80. The van der Waals surface area contributed by atoms with Crippen molar-refractivity contribution in [3.8, 4) is 28.1 Å². The first-order chi connectivity index (χ1) is 15.4. The molecule has 0 saturated carbocycles. The molecule has 0 bridgehead atoms. The molecule has 3 nitrogen and oxygen atoms in total. The summed E-state index contributed by atoms with van der Waals surface area (Å²) in [6.45, 7) is 0. The molecule has 170 valence electrons. The van der Waals surface area contributed by atoms with Crippen molar-refractivity contribution in [1.29, 1.82) is 0 Å².